The molecule has 0 atom stereocenters. The van der Waals surface area contributed by atoms with Crippen LogP contribution in [0.5, 0.6) is 0 Å². The summed E-state index contributed by atoms with van der Waals surface area (Å²) in [6.07, 6.45) is 1.41. The van der Waals surface area contributed by atoms with Crippen molar-refractivity contribution in [3.63, 3.8) is 0 Å². The second-order valence-corrected chi connectivity index (χ2v) is 4.16. The van der Waals surface area contributed by atoms with Crippen LogP contribution in [0.1, 0.15) is 20.3 Å². The largest absolute Gasteiger partial charge is 0.156 e. The third-order valence-corrected chi connectivity index (χ3v) is 2.59. The maximum absolute atomic E-state index is 2.29. The smallest absolute Gasteiger partial charge is 0.0111 e. The Hall–Kier alpha value is 0.350. The quantitative estimate of drug-likeness (QED) is 0.450. The molecule has 0 radical (unpaired) electrons. The first-order chi connectivity index (χ1) is 2.71. The monoisotopic (exact) mass is 102 g/mol. The molecule has 1 aliphatic heterocycles. The molecule has 0 amide bonds. The van der Waals surface area contributed by atoms with E-state index < -0.39 is 0 Å². The Morgan fingerprint density at radius 2 is 1.83 bits per heavy atom. The minimum atomic E-state index is 0.639. The summed E-state index contributed by atoms with van der Waals surface area (Å²) in [5.41, 5.74) is 0. The van der Waals surface area contributed by atoms with Gasteiger partial charge in [0.05, 0.1) is 0 Å². The molecule has 0 aromatic heterocycles. The molecule has 0 aliphatic carbocycles. The second-order valence-electron chi connectivity index (χ2n) is 2.36. The van der Waals surface area contributed by atoms with E-state index in [1.54, 1.807) is 0 Å². The van der Waals surface area contributed by atoms with E-state index in [4.69, 9.17) is 0 Å². The van der Waals surface area contributed by atoms with Crippen LogP contribution in [0.15, 0.2) is 0 Å². The van der Waals surface area contributed by atoms with E-state index in [2.05, 4.69) is 25.6 Å². The molecule has 0 N–H and O–H groups in total. The van der Waals surface area contributed by atoms with Crippen molar-refractivity contribution in [1.82, 2.24) is 0 Å². The van der Waals surface area contributed by atoms with E-state index in [-0.39, 0.29) is 0 Å². The summed E-state index contributed by atoms with van der Waals surface area (Å²) in [6, 6.07) is 0. The summed E-state index contributed by atoms with van der Waals surface area (Å²) in [5.74, 6) is 1.38. The van der Waals surface area contributed by atoms with E-state index >= 15 is 0 Å². The van der Waals surface area contributed by atoms with Gasteiger partial charge in [-0.15, -0.1) is 0 Å². The van der Waals surface area contributed by atoms with Gasteiger partial charge in [0.15, 0.2) is 0 Å². The fourth-order valence-corrected chi connectivity index (χ4v) is 1.53. The highest BCUT2D eigenvalue weighted by molar-refractivity contribution is 8.01. The van der Waals surface area contributed by atoms with Crippen LogP contribution in [0.3, 0.4) is 0 Å². The van der Waals surface area contributed by atoms with E-state index in [1.165, 1.54) is 12.2 Å². The van der Waals surface area contributed by atoms with Gasteiger partial charge in [0.2, 0.25) is 0 Å². The Bertz CT molecular complexity index is 51.0. The van der Waals surface area contributed by atoms with Crippen molar-refractivity contribution in [3.8, 4) is 0 Å². The topological polar surface area (TPSA) is 0 Å². The molecule has 0 bridgehead atoms. The first-order valence-corrected chi connectivity index (χ1v) is 3.33. The Morgan fingerprint density at radius 1 is 1.50 bits per heavy atom. The Balaban J connectivity index is 2.31. The minimum Gasteiger partial charge on any atom is -0.156 e. The minimum absolute atomic E-state index is 0.639. The third kappa shape index (κ3) is 0.700. The lowest BCUT2D eigenvalue weighted by molar-refractivity contribution is 0.647. The molecule has 1 aliphatic rings. The lowest BCUT2D eigenvalue weighted by Gasteiger charge is -2.33. The van der Waals surface area contributed by atoms with Gasteiger partial charge in [-0.1, -0.05) is 13.8 Å². The molecule has 0 nitrogen and oxygen atoms in total. The van der Waals surface area contributed by atoms with Crippen LogP contribution in [0.2, 0.25) is 0 Å². The average Bonchev–Trinajstić information content (AvgIpc) is 1.32. The summed E-state index contributed by atoms with van der Waals surface area (Å²) < 4.78 is 0.639. The van der Waals surface area contributed by atoms with Crippen LogP contribution in [-0.2, 0) is 0 Å². The molecule has 1 heterocycles. The van der Waals surface area contributed by atoms with Crippen molar-refractivity contribution in [3.05, 3.63) is 0 Å². The lowest BCUT2D eigenvalue weighted by Crippen LogP contribution is -2.25. The molecular weight excluding hydrogens is 92.1 g/mol. The Morgan fingerprint density at radius 3 is 1.83 bits per heavy atom. The third-order valence-electron chi connectivity index (χ3n) is 1.20. The van der Waals surface area contributed by atoms with E-state index in [1.807, 2.05) is 0 Å². The first-order valence-electron chi connectivity index (χ1n) is 2.35. The van der Waals surface area contributed by atoms with Crippen LogP contribution >= 0.6 is 11.8 Å². The highest BCUT2D eigenvalue weighted by Crippen LogP contribution is 2.38. The van der Waals surface area contributed by atoms with Gasteiger partial charge in [0.1, 0.15) is 0 Å². The summed E-state index contributed by atoms with van der Waals surface area (Å²) in [5, 5.41) is 0. The van der Waals surface area contributed by atoms with Gasteiger partial charge in [-0.2, -0.15) is 11.8 Å². The zero-order chi connectivity index (χ0) is 4.62. The Kier molecular flexibility index (Phi) is 0.870. The van der Waals surface area contributed by atoms with Gasteiger partial charge in [-0.3, -0.25) is 0 Å². The fraction of sp³-hybridized carbons (Fsp3) is 1.00. The molecule has 0 unspecified atom stereocenters. The van der Waals surface area contributed by atoms with Gasteiger partial charge >= 0.3 is 0 Å². The molecule has 1 fully saturated rings. The number of thioether (sulfide) groups is 1. The molecule has 0 aromatic carbocycles. The van der Waals surface area contributed by atoms with Gasteiger partial charge in [0.25, 0.3) is 0 Å². The van der Waals surface area contributed by atoms with Crippen molar-refractivity contribution < 1.29 is 0 Å². The number of hydrogen-bond acceptors (Lipinski definition) is 1. The van der Waals surface area contributed by atoms with Crippen LogP contribution in [0.25, 0.3) is 0 Å². The standard InChI is InChI=1S/C5H10S/c1-5(2)3-4-6-5/h3-4H2,1-2H3. The predicted molar refractivity (Wildman–Crippen MR) is 31.2 cm³/mol. The van der Waals surface area contributed by atoms with E-state index in [0.717, 1.165) is 0 Å². The average molecular weight is 102 g/mol. The Labute approximate surface area is 43.3 Å². The maximum Gasteiger partial charge on any atom is 0.0111 e. The second kappa shape index (κ2) is 1.16. The zero-order valence-electron chi connectivity index (χ0n) is 4.32. The zero-order valence-corrected chi connectivity index (χ0v) is 5.14. The van der Waals surface area contributed by atoms with Crippen molar-refractivity contribution in [2.24, 2.45) is 0 Å². The van der Waals surface area contributed by atoms with Gasteiger partial charge in [-0.25, -0.2) is 0 Å². The van der Waals surface area contributed by atoms with Crippen LogP contribution in [0, 0.1) is 0 Å². The molecule has 0 spiro atoms. The summed E-state index contributed by atoms with van der Waals surface area (Å²) in [6.45, 7) is 4.59. The van der Waals surface area contributed by atoms with Gasteiger partial charge in [-0.05, 0) is 12.2 Å². The van der Waals surface area contributed by atoms with Gasteiger partial charge < -0.3 is 0 Å². The van der Waals surface area contributed by atoms with Crippen molar-refractivity contribution in [2.75, 3.05) is 5.75 Å². The highest BCUT2D eigenvalue weighted by atomic mass is 32.2. The van der Waals surface area contributed by atoms with Crippen LogP contribution in [0.4, 0.5) is 0 Å². The molecule has 1 rings (SSSR count). The number of rotatable bonds is 0. The lowest BCUT2D eigenvalue weighted by atomic mass is 10.1. The summed E-state index contributed by atoms with van der Waals surface area (Å²) in [7, 11) is 0. The number of hydrogen-bond donors (Lipinski definition) is 0. The summed E-state index contributed by atoms with van der Waals surface area (Å²) >= 11 is 2.06. The van der Waals surface area contributed by atoms with Crippen molar-refractivity contribution >= 4 is 11.8 Å². The molecule has 36 valence electrons. The van der Waals surface area contributed by atoms with E-state index in [9.17, 15) is 0 Å². The SMILES string of the molecule is CC1(C)CCS1. The van der Waals surface area contributed by atoms with E-state index in [0.29, 0.717) is 4.75 Å². The normalized spacial score (nSPS) is 29.0. The fourth-order valence-electron chi connectivity index (χ4n) is 0.510. The first kappa shape index (κ1) is 4.51. The highest BCUT2D eigenvalue weighted by Gasteiger charge is 2.25. The molecule has 6 heavy (non-hydrogen) atoms. The molecular formula is C5H10S. The van der Waals surface area contributed by atoms with Crippen molar-refractivity contribution in [1.29, 1.82) is 0 Å². The van der Waals surface area contributed by atoms with Crippen LogP contribution < -0.4 is 0 Å². The maximum atomic E-state index is 2.29. The summed E-state index contributed by atoms with van der Waals surface area (Å²) in [4.78, 5) is 0. The molecule has 0 saturated carbocycles. The van der Waals surface area contributed by atoms with Gasteiger partial charge in [0, 0.05) is 4.75 Å². The molecule has 1 heteroatoms. The van der Waals surface area contributed by atoms with Crippen molar-refractivity contribution in [2.45, 2.75) is 25.0 Å². The predicted octanol–water partition coefficient (Wildman–Crippen LogP) is 1.90. The van der Waals surface area contributed by atoms with Crippen LogP contribution in [-0.4, -0.2) is 10.5 Å². The molecule has 0 aromatic rings. The molecule has 1 saturated heterocycles.